The molecule has 0 aromatic heterocycles. The molecule has 0 saturated carbocycles. The van der Waals surface area contributed by atoms with Crippen molar-refractivity contribution >= 4 is 39.2 Å². The third-order valence-corrected chi connectivity index (χ3v) is 3.54. The molecule has 0 spiro atoms. The summed E-state index contributed by atoms with van der Waals surface area (Å²) in [4.78, 5) is 24.6. The van der Waals surface area contributed by atoms with Crippen molar-refractivity contribution in [3.05, 3.63) is 58.1 Å². The third-order valence-electron chi connectivity index (χ3n) is 3.05. The number of benzene rings is 2. The van der Waals surface area contributed by atoms with E-state index in [1.807, 2.05) is 0 Å². The number of hydrogen-bond acceptors (Lipinski definition) is 3. The second-order valence-electron chi connectivity index (χ2n) is 4.45. The highest BCUT2D eigenvalue weighted by Crippen LogP contribution is 2.22. The van der Waals surface area contributed by atoms with E-state index in [9.17, 15) is 9.59 Å². The Balaban J connectivity index is 2.28. The van der Waals surface area contributed by atoms with E-state index in [-0.39, 0.29) is 11.5 Å². The Bertz CT molecular complexity index is 699. The zero-order valence-corrected chi connectivity index (χ0v) is 12.8. The Hall–Kier alpha value is -2.34. The predicted octanol–water partition coefficient (Wildman–Crippen LogP) is 3.01. The average Bonchev–Trinajstić information content (AvgIpc) is 2.46. The fraction of sp³-hybridized carbons (Fsp3) is 0.0667. The largest absolute Gasteiger partial charge is 0.478 e. The van der Waals surface area contributed by atoms with Gasteiger partial charge in [0.15, 0.2) is 0 Å². The van der Waals surface area contributed by atoms with Crippen molar-refractivity contribution in [1.29, 1.82) is 0 Å². The van der Waals surface area contributed by atoms with Crippen molar-refractivity contribution in [2.75, 3.05) is 17.7 Å². The highest BCUT2D eigenvalue weighted by atomic mass is 79.9. The molecule has 0 saturated heterocycles. The van der Waals surface area contributed by atoms with Crippen molar-refractivity contribution in [3.63, 3.8) is 0 Å². The molecule has 2 rings (SSSR count). The number of carbonyl (C=O) groups is 2. The van der Waals surface area contributed by atoms with Gasteiger partial charge in [-0.1, -0.05) is 15.9 Å². The summed E-state index contributed by atoms with van der Waals surface area (Å²) in [5, 5.41) is 8.86. The zero-order valence-electron chi connectivity index (χ0n) is 11.2. The lowest BCUT2D eigenvalue weighted by Crippen LogP contribution is -2.27. The number of halogens is 1. The molecule has 2 aromatic carbocycles. The summed E-state index contributed by atoms with van der Waals surface area (Å²) in [5.41, 5.74) is 7.38. The molecule has 2 aromatic rings. The van der Waals surface area contributed by atoms with Crippen LogP contribution in [0.25, 0.3) is 0 Å². The summed E-state index contributed by atoms with van der Waals surface area (Å²) in [6.45, 7) is 0. The van der Waals surface area contributed by atoms with Gasteiger partial charge in [-0.2, -0.15) is 0 Å². The second-order valence-corrected chi connectivity index (χ2v) is 5.36. The number of nitrogen functional groups attached to an aromatic ring is 1. The molecule has 21 heavy (non-hydrogen) atoms. The SMILES string of the molecule is CN(C(=O)c1ccc(Br)cc1N)c1ccc(C(=O)O)cc1. The van der Waals surface area contributed by atoms with E-state index < -0.39 is 5.97 Å². The van der Waals surface area contributed by atoms with Crippen molar-refractivity contribution < 1.29 is 14.7 Å². The van der Waals surface area contributed by atoms with Gasteiger partial charge < -0.3 is 15.7 Å². The number of amides is 1. The molecule has 0 heterocycles. The number of hydrogen-bond donors (Lipinski definition) is 2. The number of rotatable bonds is 3. The molecule has 1 amide bonds. The third kappa shape index (κ3) is 3.22. The highest BCUT2D eigenvalue weighted by molar-refractivity contribution is 9.10. The van der Waals surface area contributed by atoms with Crippen LogP contribution in [0.3, 0.4) is 0 Å². The lowest BCUT2D eigenvalue weighted by Gasteiger charge is -2.18. The van der Waals surface area contributed by atoms with E-state index in [2.05, 4.69) is 15.9 Å². The molecule has 5 nitrogen and oxygen atoms in total. The molecule has 0 atom stereocenters. The first-order valence-corrected chi connectivity index (χ1v) is 6.86. The van der Waals surface area contributed by atoms with E-state index >= 15 is 0 Å². The minimum Gasteiger partial charge on any atom is -0.478 e. The molecular weight excluding hydrogens is 336 g/mol. The fourth-order valence-corrected chi connectivity index (χ4v) is 2.23. The monoisotopic (exact) mass is 348 g/mol. The van der Waals surface area contributed by atoms with Crippen LogP contribution in [0.1, 0.15) is 20.7 Å². The first-order valence-electron chi connectivity index (χ1n) is 6.06. The van der Waals surface area contributed by atoms with E-state index in [1.54, 1.807) is 37.4 Å². The van der Waals surface area contributed by atoms with Crippen LogP contribution in [0.5, 0.6) is 0 Å². The Morgan fingerprint density at radius 1 is 1.14 bits per heavy atom. The second kappa shape index (κ2) is 5.97. The maximum absolute atomic E-state index is 12.4. The van der Waals surface area contributed by atoms with Crippen LogP contribution >= 0.6 is 15.9 Å². The zero-order chi connectivity index (χ0) is 15.6. The van der Waals surface area contributed by atoms with Crippen molar-refractivity contribution in [1.82, 2.24) is 0 Å². The smallest absolute Gasteiger partial charge is 0.335 e. The number of aromatic carboxylic acids is 1. The Morgan fingerprint density at radius 2 is 1.76 bits per heavy atom. The summed E-state index contributed by atoms with van der Waals surface area (Å²) in [6.07, 6.45) is 0. The molecule has 3 N–H and O–H groups in total. The van der Waals surface area contributed by atoms with Crippen LogP contribution in [-0.2, 0) is 0 Å². The van der Waals surface area contributed by atoms with Crippen molar-refractivity contribution in [2.24, 2.45) is 0 Å². The van der Waals surface area contributed by atoms with Crippen LogP contribution in [-0.4, -0.2) is 24.0 Å². The summed E-state index contributed by atoms with van der Waals surface area (Å²) in [7, 11) is 1.61. The highest BCUT2D eigenvalue weighted by Gasteiger charge is 2.16. The van der Waals surface area contributed by atoms with Gasteiger partial charge in [0, 0.05) is 22.9 Å². The molecule has 0 fully saturated rings. The van der Waals surface area contributed by atoms with E-state index in [0.717, 1.165) is 4.47 Å². The lowest BCUT2D eigenvalue weighted by molar-refractivity contribution is 0.0696. The molecule has 0 aliphatic heterocycles. The molecule has 108 valence electrons. The van der Waals surface area contributed by atoms with Gasteiger partial charge in [-0.3, -0.25) is 4.79 Å². The first-order chi connectivity index (χ1) is 9.90. The molecule has 0 bridgehead atoms. The molecule has 0 unspecified atom stereocenters. The average molecular weight is 349 g/mol. The molecule has 0 radical (unpaired) electrons. The predicted molar refractivity (Wildman–Crippen MR) is 84.7 cm³/mol. The molecular formula is C15H13BrN2O3. The number of nitrogens with two attached hydrogens (primary N) is 1. The van der Waals surface area contributed by atoms with Gasteiger partial charge in [0.2, 0.25) is 0 Å². The standard InChI is InChI=1S/C15H13BrN2O3/c1-18(11-5-2-9(3-6-11)15(20)21)14(19)12-7-4-10(16)8-13(12)17/h2-8H,17H2,1H3,(H,20,21). The minimum absolute atomic E-state index is 0.169. The fourth-order valence-electron chi connectivity index (χ4n) is 1.85. The Labute approximate surface area is 130 Å². The van der Waals surface area contributed by atoms with Gasteiger partial charge in [0.25, 0.3) is 5.91 Å². The van der Waals surface area contributed by atoms with Crippen LogP contribution in [0.4, 0.5) is 11.4 Å². The van der Waals surface area contributed by atoms with Crippen molar-refractivity contribution in [3.8, 4) is 0 Å². The lowest BCUT2D eigenvalue weighted by atomic mass is 10.1. The molecule has 0 aliphatic rings. The summed E-state index contributed by atoms with van der Waals surface area (Å²) in [5.74, 6) is -1.27. The van der Waals surface area contributed by atoms with Gasteiger partial charge in [-0.15, -0.1) is 0 Å². The summed E-state index contributed by atoms with van der Waals surface area (Å²) in [6, 6.07) is 11.1. The normalized spacial score (nSPS) is 10.2. The van der Waals surface area contributed by atoms with Crippen LogP contribution < -0.4 is 10.6 Å². The maximum Gasteiger partial charge on any atom is 0.335 e. The van der Waals surface area contributed by atoms with Gasteiger partial charge >= 0.3 is 5.97 Å². The molecule has 0 aliphatic carbocycles. The van der Waals surface area contributed by atoms with Crippen LogP contribution in [0, 0.1) is 0 Å². The van der Waals surface area contributed by atoms with Gasteiger partial charge in [-0.05, 0) is 42.5 Å². The van der Waals surface area contributed by atoms with Gasteiger partial charge in [0.05, 0.1) is 11.1 Å². The van der Waals surface area contributed by atoms with Crippen LogP contribution in [0.15, 0.2) is 46.9 Å². The van der Waals surface area contributed by atoms with Crippen molar-refractivity contribution in [2.45, 2.75) is 0 Å². The van der Waals surface area contributed by atoms with Gasteiger partial charge in [-0.25, -0.2) is 4.79 Å². The first kappa shape index (κ1) is 15.1. The molecule has 6 heteroatoms. The maximum atomic E-state index is 12.4. The number of carbonyl (C=O) groups excluding carboxylic acids is 1. The quantitative estimate of drug-likeness (QED) is 0.835. The van der Waals surface area contributed by atoms with Crippen LogP contribution in [0.2, 0.25) is 0 Å². The van der Waals surface area contributed by atoms with E-state index in [0.29, 0.717) is 16.9 Å². The number of carboxylic acid groups (broad SMARTS) is 1. The summed E-state index contributed by atoms with van der Waals surface area (Å²) >= 11 is 3.29. The van der Waals surface area contributed by atoms with Gasteiger partial charge in [0.1, 0.15) is 0 Å². The number of carboxylic acids is 1. The topological polar surface area (TPSA) is 83.6 Å². The number of nitrogens with zero attached hydrogens (tertiary/aromatic N) is 1. The Kier molecular flexibility index (Phi) is 4.28. The van der Waals surface area contributed by atoms with E-state index in [1.165, 1.54) is 17.0 Å². The minimum atomic E-state index is -1.01. The summed E-state index contributed by atoms with van der Waals surface area (Å²) < 4.78 is 0.796. The van der Waals surface area contributed by atoms with E-state index in [4.69, 9.17) is 10.8 Å². The Morgan fingerprint density at radius 3 is 2.29 bits per heavy atom. The number of anilines is 2.